The Bertz CT molecular complexity index is 779. The zero-order valence-electron chi connectivity index (χ0n) is 11.4. The minimum Gasteiger partial charge on any atom is -0.361 e. The number of aromatic amines is 1. The fourth-order valence-electron chi connectivity index (χ4n) is 2.29. The van der Waals surface area contributed by atoms with Gasteiger partial charge in [0.05, 0.1) is 6.42 Å². The van der Waals surface area contributed by atoms with Crippen molar-refractivity contribution < 1.29 is 4.79 Å². The average molecular weight is 299 g/mol. The summed E-state index contributed by atoms with van der Waals surface area (Å²) in [6.45, 7) is 0.448. The smallest absolute Gasteiger partial charge is 0.224 e. The number of amides is 1. The molecule has 0 aliphatic rings. The van der Waals surface area contributed by atoms with E-state index in [0.29, 0.717) is 18.0 Å². The van der Waals surface area contributed by atoms with Crippen molar-refractivity contribution in [3.05, 3.63) is 70.9 Å². The summed E-state index contributed by atoms with van der Waals surface area (Å²) < 4.78 is 0. The summed E-state index contributed by atoms with van der Waals surface area (Å²) in [6, 6.07) is 15.5. The van der Waals surface area contributed by atoms with E-state index in [4.69, 9.17) is 11.6 Å². The van der Waals surface area contributed by atoms with Crippen LogP contribution in [0.1, 0.15) is 11.1 Å². The molecule has 2 N–H and O–H groups in total. The van der Waals surface area contributed by atoms with E-state index in [9.17, 15) is 4.79 Å². The van der Waals surface area contributed by atoms with Gasteiger partial charge >= 0.3 is 0 Å². The van der Waals surface area contributed by atoms with Crippen LogP contribution >= 0.6 is 11.6 Å². The standard InChI is InChI=1S/C17H15ClN2O/c18-15-4-2-1-3-14(15)11-20-17(21)10-12-5-6-13-7-8-19-16(13)9-12/h1-9,19H,10-11H2,(H,20,21). The minimum absolute atomic E-state index is 0.0131. The first-order valence-electron chi connectivity index (χ1n) is 6.78. The topological polar surface area (TPSA) is 44.9 Å². The molecule has 3 aromatic rings. The fraction of sp³-hybridized carbons (Fsp3) is 0.118. The third-order valence-corrected chi connectivity index (χ3v) is 3.79. The van der Waals surface area contributed by atoms with Crippen LogP contribution in [0.3, 0.4) is 0 Å². The molecule has 21 heavy (non-hydrogen) atoms. The van der Waals surface area contributed by atoms with Crippen molar-refractivity contribution in [2.75, 3.05) is 0 Å². The average Bonchev–Trinajstić information content (AvgIpc) is 2.94. The van der Waals surface area contributed by atoms with E-state index in [1.54, 1.807) is 0 Å². The van der Waals surface area contributed by atoms with Crippen molar-refractivity contribution in [3.63, 3.8) is 0 Å². The number of benzene rings is 2. The number of fused-ring (bicyclic) bond motifs is 1. The highest BCUT2D eigenvalue weighted by Gasteiger charge is 2.06. The SMILES string of the molecule is O=C(Cc1ccc2cc[nH]c2c1)NCc1ccccc1Cl. The molecule has 2 aromatic carbocycles. The molecule has 3 nitrogen and oxygen atoms in total. The number of rotatable bonds is 4. The maximum atomic E-state index is 12.0. The Labute approximate surface area is 127 Å². The molecule has 1 heterocycles. The predicted molar refractivity (Wildman–Crippen MR) is 85.3 cm³/mol. The fourth-order valence-corrected chi connectivity index (χ4v) is 2.49. The van der Waals surface area contributed by atoms with E-state index in [1.807, 2.05) is 54.7 Å². The maximum absolute atomic E-state index is 12.0. The monoisotopic (exact) mass is 298 g/mol. The van der Waals surface area contributed by atoms with Crippen LogP contribution in [0.4, 0.5) is 0 Å². The number of hydrogen-bond acceptors (Lipinski definition) is 1. The largest absolute Gasteiger partial charge is 0.361 e. The van der Waals surface area contributed by atoms with Crippen LogP contribution in [0.15, 0.2) is 54.7 Å². The Kier molecular flexibility index (Phi) is 3.93. The van der Waals surface area contributed by atoms with E-state index in [-0.39, 0.29) is 5.91 Å². The molecule has 0 aliphatic heterocycles. The normalized spacial score (nSPS) is 10.7. The van der Waals surface area contributed by atoms with Crippen molar-refractivity contribution in [1.82, 2.24) is 10.3 Å². The van der Waals surface area contributed by atoms with Crippen LogP contribution in [-0.2, 0) is 17.8 Å². The molecule has 3 rings (SSSR count). The van der Waals surface area contributed by atoms with Gasteiger partial charge in [-0.05, 0) is 34.7 Å². The third kappa shape index (κ3) is 3.26. The highest BCUT2D eigenvalue weighted by Crippen LogP contribution is 2.16. The first-order chi connectivity index (χ1) is 10.2. The molecule has 0 spiro atoms. The van der Waals surface area contributed by atoms with Gasteiger partial charge in [0.25, 0.3) is 0 Å². The number of nitrogens with one attached hydrogen (secondary N) is 2. The Hall–Kier alpha value is -2.26. The number of hydrogen-bond donors (Lipinski definition) is 2. The highest BCUT2D eigenvalue weighted by molar-refractivity contribution is 6.31. The summed E-state index contributed by atoms with van der Waals surface area (Å²) in [6.07, 6.45) is 2.26. The van der Waals surface area contributed by atoms with Crippen LogP contribution in [0.2, 0.25) is 5.02 Å². The lowest BCUT2D eigenvalue weighted by atomic mass is 10.1. The van der Waals surface area contributed by atoms with Gasteiger partial charge in [-0.1, -0.05) is 41.9 Å². The van der Waals surface area contributed by atoms with Crippen molar-refractivity contribution in [3.8, 4) is 0 Å². The van der Waals surface area contributed by atoms with Crippen molar-refractivity contribution in [2.24, 2.45) is 0 Å². The summed E-state index contributed by atoms with van der Waals surface area (Å²) >= 11 is 6.07. The van der Waals surface area contributed by atoms with Crippen LogP contribution in [0.5, 0.6) is 0 Å². The molecule has 0 saturated carbocycles. The Balaban J connectivity index is 1.62. The van der Waals surface area contributed by atoms with Gasteiger partial charge in [0.2, 0.25) is 5.91 Å². The Morgan fingerprint density at radius 1 is 1.14 bits per heavy atom. The van der Waals surface area contributed by atoms with Gasteiger partial charge < -0.3 is 10.3 Å². The molecule has 1 amide bonds. The highest BCUT2D eigenvalue weighted by atomic mass is 35.5. The zero-order valence-corrected chi connectivity index (χ0v) is 12.2. The molecule has 0 fully saturated rings. The minimum atomic E-state index is -0.0131. The van der Waals surface area contributed by atoms with Crippen molar-refractivity contribution in [1.29, 1.82) is 0 Å². The lowest BCUT2D eigenvalue weighted by molar-refractivity contribution is -0.120. The Morgan fingerprint density at radius 3 is 2.86 bits per heavy atom. The number of carbonyl (C=O) groups excluding carboxylic acids is 1. The van der Waals surface area contributed by atoms with Gasteiger partial charge in [0.15, 0.2) is 0 Å². The van der Waals surface area contributed by atoms with Gasteiger partial charge in [0, 0.05) is 23.3 Å². The molecule has 106 valence electrons. The summed E-state index contributed by atoms with van der Waals surface area (Å²) in [4.78, 5) is 15.2. The molecule has 0 unspecified atom stereocenters. The molecular formula is C17H15ClN2O. The van der Waals surface area contributed by atoms with Gasteiger partial charge in [-0.2, -0.15) is 0 Å². The maximum Gasteiger partial charge on any atom is 0.224 e. The van der Waals surface area contributed by atoms with Gasteiger partial charge in [-0.3, -0.25) is 4.79 Å². The molecular weight excluding hydrogens is 284 g/mol. The van der Waals surface area contributed by atoms with E-state index in [1.165, 1.54) is 0 Å². The number of H-pyrrole nitrogens is 1. The van der Waals surface area contributed by atoms with Crippen LogP contribution < -0.4 is 5.32 Å². The summed E-state index contributed by atoms with van der Waals surface area (Å²) in [5, 5.41) is 4.72. The quantitative estimate of drug-likeness (QED) is 0.758. The molecule has 0 radical (unpaired) electrons. The molecule has 0 bridgehead atoms. The van der Waals surface area contributed by atoms with Gasteiger partial charge in [-0.15, -0.1) is 0 Å². The second-order valence-corrected chi connectivity index (χ2v) is 5.35. The molecule has 0 atom stereocenters. The van der Waals surface area contributed by atoms with Gasteiger partial charge in [-0.25, -0.2) is 0 Å². The van der Waals surface area contributed by atoms with E-state index < -0.39 is 0 Å². The van der Waals surface area contributed by atoms with Crippen molar-refractivity contribution in [2.45, 2.75) is 13.0 Å². The first kappa shape index (κ1) is 13.7. The van der Waals surface area contributed by atoms with E-state index in [0.717, 1.165) is 22.0 Å². The second kappa shape index (κ2) is 6.02. The number of halogens is 1. The number of carbonyl (C=O) groups is 1. The summed E-state index contributed by atoms with van der Waals surface area (Å²) in [5.74, 6) is -0.0131. The van der Waals surface area contributed by atoms with Crippen LogP contribution in [0.25, 0.3) is 10.9 Å². The van der Waals surface area contributed by atoms with Crippen LogP contribution in [0, 0.1) is 0 Å². The molecule has 0 saturated heterocycles. The predicted octanol–water partition coefficient (Wildman–Crippen LogP) is 3.68. The third-order valence-electron chi connectivity index (χ3n) is 3.42. The number of aromatic nitrogens is 1. The molecule has 0 aliphatic carbocycles. The van der Waals surface area contributed by atoms with E-state index >= 15 is 0 Å². The summed E-state index contributed by atoms with van der Waals surface area (Å²) in [7, 11) is 0. The Morgan fingerprint density at radius 2 is 2.00 bits per heavy atom. The summed E-state index contributed by atoms with van der Waals surface area (Å²) in [5.41, 5.74) is 2.96. The first-order valence-corrected chi connectivity index (χ1v) is 7.16. The van der Waals surface area contributed by atoms with Gasteiger partial charge in [0.1, 0.15) is 0 Å². The van der Waals surface area contributed by atoms with Crippen molar-refractivity contribution >= 4 is 28.4 Å². The second-order valence-electron chi connectivity index (χ2n) is 4.94. The zero-order chi connectivity index (χ0) is 14.7. The lowest BCUT2D eigenvalue weighted by Crippen LogP contribution is -2.24. The molecule has 4 heteroatoms. The van der Waals surface area contributed by atoms with Crippen LogP contribution in [-0.4, -0.2) is 10.9 Å². The molecule has 1 aromatic heterocycles. The van der Waals surface area contributed by atoms with E-state index in [2.05, 4.69) is 10.3 Å². The lowest BCUT2D eigenvalue weighted by Gasteiger charge is -2.07.